The number of benzene rings is 1. The van der Waals surface area contributed by atoms with Crippen molar-refractivity contribution >= 4 is 11.9 Å². The van der Waals surface area contributed by atoms with Crippen molar-refractivity contribution in [1.82, 2.24) is 4.98 Å². The third-order valence-electron chi connectivity index (χ3n) is 11.6. The van der Waals surface area contributed by atoms with Gasteiger partial charge in [0.1, 0.15) is 28.8 Å². The average molecular weight is 682 g/mol. The Balaban J connectivity index is 1.33. The summed E-state index contributed by atoms with van der Waals surface area (Å²) in [4.78, 5) is 43.6. The van der Waals surface area contributed by atoms with Gasteiger partial charge in [0, 0.05) is 42.3 Å². The number of esters is 2. The Hall–Kier alpha value is -4.52. The molecule has 2 aliphatic carbocycles. The molecule has 2 aliphatic heterocycles. The molecule has 260 valence electrons. The van der Waals surface area contributed by atoms with E-state index in [4.69, 9.17) is 18.6 Å². The molecule has 8 atom stereocenters. The average Bonchev–Trinajstić information content (AvgIpc) is 3.36. The van der Waals surface area contributed by atoms with Gasteiger partial charge in [0.15, 0.2) is 11.5 Å². The van der Waals surface area contributed by atoms with E-state index in [1.54, 1.807) is 25.3 Å². The minimum absolute atomic E-state index is 0.0425. The number of aliphatic hydroxyl groups is 1. The molecule has 2 unspecified atom stereocenters. The number of hydrogen-bond acceptors (Lipinski definition) is 11. The molecule has 11 nitrogen and oxygen atoms in total. The number of carbonyl (C=O) groups is 2. The Bertz CT molecular complexity index is 1880. The summed E-state index contributed by atoms with van der Waals surface area (Å²) in [5, 5.41) is 12.3. The second-order valence-corrected chi connectivity index (χ2v) is 14.4. The molecule has 0 saturated heterocycles. The number of alkyl halides is 2. The maximum Gasteiger partial charge on any atom is 0.586 e. The molecule has 0 bridgehead atoms. The number of hydrogen-bond donors (Lipinski definition) is 1. The van der Waals surface area contributed by atoms with Crippen LogP contribution >= 0.6 is 0 Å². The Kier molecular flexibility index (Phi) is 7.58. The Morgan fingerprint density at radius 3 is 2.53 bits per heavy atom. The van der Waals surface area contributed by atoms with Crippen molar-refractivity contribution in [3.63, 3.8) is 0 Å². The van der Waals surface area contributed by atoms with Crippen molar-refractivity contribution in [2.75, 3.05) is 6.61 Å². The van der Waals surface area contributed by atoms with Gasteiger partial charge in [0.25, 0.3) is 0 Å². The van der Waals surface area contributed by atoms with Crippen molar-refractivity contribution in [3.8, 4) is 28.6 Å². The van der Waals surface area contributed by atoms with Crippen LogP contribution in [0, 0.1) is 28.6 Å². The molecule has 0 radical (unpaired) electrons. The van der Waals surface area contributed by atoms with E-state index in [1.807, 2.05) is 13.8 Å². The van der Waals surface area contributed by atoms with Crippen LogP contribution in [0.25, 0.3) is 11.3 Å². The second-order valence-electron chi connectivity index (χ2n) is 14.4. The van der Waals surface area contributed by atoms with Gasteiger partial charge in [-0.15, -0.1) is 8.78 Å². The highest BCUT2D eigenvalue weighted by Gasteiger charge is 2.70. The molecule has 2 aromatic heterocycles. The molecule has 49 heavy (non-hydrogen) atoms. The van der Waals surface area contributed by atoms with Crippen LogP contribution in [0.15, 0.2) is 58.0 Å². The van der Waals surface area contributed by atoms with Crippen LogP contribution in [0.5, 0.6) is 17.2 Å². The van der Waals surface area contributed by atoms with Crippen molar-refractivity contribution in [2.45, 2.75) is 78.0 Å². The number of pyridine rings is 1. The lowest BCUT2D eigenvalue weighted by atomic mass is 9.41. The Morgan fingerprint density at radius 2 is 1.82 bits per heavy atom. The van der Waals surface area contributed by atoms with Crippen LogP contribution in [0.3, 0.4) is 0 Å². The van der Waals surface area contributed by atoms with E-state index in [0.717, 1.165) is 12.5 Å². The normalized spacial score (nSPS) is 33.7. The van der Waals surface area contributed by atoms with E-state index in [9.17, 15) is 28.3 Å². The van der Waals surface area contributed by atoms with Gasteiger partial charge in [-0.2, -0.15) is 0 Å². The summed E-state index contributed by atoms with van der Waals surface area (Å²) in [5.74, 6) is -2.57. The molecule has 1 N–H and O–H groups in total. The summed E-state index contributed by atoms with van der Waals surface area (Å²) >= 11 is 0. The monoisotopic (exact) mass is 681 g/mol. The number of rotatable bonds is 5. The van der Waals surface area contributed by atoms with Gasteiger partial charge in [-0.05, 0) is 73.8 Å². The third kappa shape index (κ3) is 5.24. The maximum absolute atomic E-state index is 13.8. The SMILES string of the molecule is CC(=O)OC[C@@]1(C)C2C[C@H](OC(=O)c3ccc4c(c3)OC(F)(F)O4)[C@@]3(C)Oc4cc(-c5cccnc5)oc(=O)c4[C@H](O)C3[C@@]2(C)CC[C@@H]1C. The molecule has 4 heterocycles. The van der Waals surface area contributed by atoms with Crippen LogP contribution in [0.1, 0.15) is 75.9 Å². The molecule has 0 spiro atoms. The van der Waals surface area contributed by atoms with Gasteiger partial charge in [-0.1, -0.05) is 20.8 Å². The smallest absolute Gasteiger partial charge is 0.482 e. The minimum atomic E-state index is -3.87. The quantitative estimate of drug-likeness (QED) is 0.313. The summed E-state index contributed by atoms with van der Waals surface area (Å²) in [6.45, 7) is 9.34. The summed E-state index contributed by atoms with van der Waals surface area (Å²) in [6, 6.07) is 8.54. The molecule has 2 saturated carbocycles. The van der Waals surface area contributed by atoms with Gasteiger partial charge in [-0.3, -0.25) is 9.78 Å². The Labute approximate surface area is 280 Å². The number of fused-ring (bicyclic) bond motifs is 5. The fourth-order valence-electron chi connectivity index (χ4n) is 8.97. The zero-order valence-corrected chi connectivity index (χ0v) is 27.7. The molecular formula is C36H37F2NO10. The zero-order valence-electron chi connectivity index (χ0n) is 27.7. The predicted molar refractivity (Wildman–Crippen MR) is 167 cm³/mol. The summed E-state index contributed by atoms with van der Waals surface area (Å²) in [5.41, 5.74) is -3.07. The zero-order chi connectivity index (χ0) is 35.1. The van der Waals surface area contributed by atoms with E-state index in [-0.39, 0.29) is 59.0 Å². The van der Waals surface area contributed by atoms with Crippen molar-refractivity contribution in [2.24, 2.45) is 28.6 Å². The predicted octanol–water partition coefficient (Wildman–Crippen LogP) is 6.08. The number of carbonyl (C=O) groups excluding carboxylic acids is 2. The van der Waals surface area contributed by atoms with E-state index < -0.39 is 58.4 Å². The van der Waals surface area contributed by atoms with Crippen molar-refractivity contribution in [1.29, 1.82) is 0 Å². The molecule has 2 fully saturated rings. The number of nitrogens with zero attached hydrogens (tertiary/aromatic N) is 1. The summed E-state index contributed by atoms with van der Waals surface area (Å²) in [7, 11) is 0. The molecular weight excluding hydrogens is 644 g/mol. The van der Waals surface area contributed by atoms with E-state index in [0.29, 0.717) is 12.0 Å². The first kappa shape index (κ1) is 33.0. The molecule has 7 rings (SSSR count). The van der Waals surface area contributed by atoms with Gasteiger partial charge >= 0.3 is 23.9 Å². The number of ether oxygens (including phenoxy) is 5. The molecule has 13 heteroatoms. The van der Waals surface area contributed by atoms with Gasteiger partial charge in [0.2, 0.25) is 0 Å². The molecule has 4 aliphatic rings. The van der Waals surface area contributed by atoms with Gasteiger partial charge < -0.3 is 33.2 Å². The molecule has 1 aromatic carbocycles. The van der Waals surface area contributed by atoms with Crippen LogP contribution in [0.2, 0.25) is 0 Å². The largest absolute Gasteiger partial charge is 0.586 e. The lowest BCUT2D eigenvalue weighted by molar-refractivity contribution is -0.286. The number of halogens is 2. The van der Waals surface area contributed by atoms with Gasteiger partial charge in [-0.25, -0.2) is 9.59 Å². The molecule has 0 amide bonds. The minimum Gasteiger partial charge on any atom is -0.482 e. The Morgan fingerprint density at radius 1 is 1.06 bits per heavy atom. The van der Waals surface area contributed by atoms with Crippen molar-refractivity contribution in [3.05, 3.63) is 70.3 Å². The number of aromatic nitrogens is 1. The van der Waals surface area contributed by atoms with Gasteiger partial charge in [0.05, 0.1) is 18.3 Å². The van der Waals surface area contributed by atoms with Crippen LogP contribution < -0.4 is 19.8 Å². The third-order valence-corrected chi connectivity index (χ3v) is 11.6. The fourth-order valence-corrected chi connectivity index (χ4v) is 8.97. The summed E-state index contributed by atoms with van der Waals surface area (Å²) in [6.07, 6.45) is -1.55. The standard InChI is InChI=1S/C36H37F2NO10/c1-18-10-11-33(3)26(34(18,4)17-44-19(2)40)15-27(46-31(42)20-8-9-22-24(13-20)49-36(37,38)48-22)35(5)30(33)29(41)28-25(47-35)14-23(45-32(28)43)21-7-6-12-39-16-21/h6-9,12-14,16,18,26-27,29-30,41H,10-11,15,17H2,1-5H3/t18-,26?,27-,29-,30?,33-,34+,35+/m0/s1. The highest BCUT2D eigenvalue weighted by molar-refractivity contribution is 5.90. The van der Waals surface area contributed by atoms with Crippen molar-refractivity contribution < 1.29 is 51.6 Å². The second kappa shape index (κ2) is 11.3. The lowest BCUT2D eigenvalue weighted by Crippen LogP contribution is -2.70. The van der Waals surface area contributed by atoms with E-state index in [1.165, 1.54) is 31.3 Å². The number of aliphatic hydroxyl groups excluding tert-OH is 1. The first-order valence-electron chi connectivity index (χ1n) is 16.3. The highest BCUT2D eigenvalue weighted by Crippen LogP contribution is 2.68. The topological polar surface area (TPSA) is 144 Å². The van der Waals surface area contributed by atoms with E-state index >= 15 is 0 Å². The van der Waals surface area contributed by atoms with E-state index in [2.05, 4.69) is 21.4 Å². The lowest BCUT2D eigenvalue weighted by Gasteiger charge is -2.66. The summed E-state index contributed by atoms with van der Waals surface area (Å²) < 4.78 is 60.8. The molecule has 3 aromatic rings. The first-order valence-corrected chi connectivity index (χ1v) is 16.3. The maximum atomic E-state index is 13.8. The first-order chi connectivity index (χ1) is 23.1. The van der Waals surface area contributed by atoms with Crippen LogP contribution in [-0.4, -0.2) is 46.6 Å². The van der Waals surface area contributed by atoms with Crippen LogP contribution in [0.4, 0.5) is 8.78 Å². The van der Waals surface area contributed by atoms with Crippen LogP contribution in [-0.2, 0) is 14.3 Å². The fraction of sp³-hybridized carbons (Fsp3) is 0.500. The highest BCUT2D eigenvalue weighted by atomic mass is 19.3.